The zero-order valence-electron chi connectivity index (χ0n) is 24.4. The number of anilines is 1. The van der Waals surface area contributed by atoms with Crippen molar-refractivity contribution in [2.45, 2.75) is 80.9 Å². The second-order valence-corrected chi connectivity index (χ2v) is 14.4. The Kier molecular flexibility index (Phi) is 9.97. The number of likely N-dealkylation sites (tertiary alicyclic amines) is 1. The third kappa shape index (κ3) is 5.84. The summed E-state index contributed by atoms with van der Waals surface area (Å²) >= 11 is 7.75. The van der Waals surface area contributed by atoms with Crippen LogP contribution in [0.25, 0.3) is 0 Å². The van der Waals surface area contributed by atoms with Crippen molar-refractivity contribution >= 4 is 46.8 Å². The lowest BCUT2D eigenvalue weighted by Crippen LogP contribution is -2.57. The van der Waals surface area contributed by atoms with Crippen LogP contribution in [0.2, 0.25) is 5.02 Å². The molecule has 9 heteroatoms. The molecule has 6 atom stereocenters. The molecule has 7 nitrogen and oxygen atoms in total. The number of aliphatic hydroxyl groups excluding tert-OH is 1. The highest BCUT2D eigenvalue weighted by atomic mass is 35.5. The summed E-state index contributed by atoms with van der Waals surface area (Å²) in [6.45, 7) is 14.0. The van der Waals surface area contributed by atoms with Gasteiger partial charge in [-0.2, -0.15) is 0 Å². The number of ether oxygens (including phenoxy) is 1. The zero-order chi connectivity index (χ0) is 29.9. The number of hydrogen-bond acceptors (Lipinski definition) is 6. The molecule has 1 aromatic carbocycles. The summed E-state index contributed by atoms with van der Waals surface area (Å²) in [6, 6.07) is 5.63. The van der Waals surface area contributed by atoms with Crippen molar-refractivity contribution in [3.63, 3.8) is 0 Å². The molecule has 0 aliphatic carbocycles. The number of aliphatic hydroxyl groups is 1. The number of rotatable bonds is 14. The fourth-order valence-electron chi connectivity index (χ4n) is 7.09. The maximum absolute atomic E-state index is 14.7. The van der Waals surface area contributed by atoms with E-state index in [1.165, 1.54) is 0 Å². The van der Waals surface area contributed by atoms with E-state index in [9.17, 15) is 19.5 Å². The smallest absolute Gasteiger partial charge is 0.311 e. The predicted octanol–water partition coefficient (Wildman–Crippen LogP) is 5.65. The minimum atomic E-state index is -0.844. The van der Waals surface area contributed by atoms with Crippen molar-refractivity contribution in [1.29, 1.82) is 0 Å². The van der Waals surface area contributed by atoms with Gasteiger partial charge >= 0.3 is 5.97 Å². The average molecular weight is 603 g/mol. The number of fused-ring (bicyclic) bond motifs is 1. The normalized spacial score (nSPS) is 29.0. The van der Waals surface area contributed by atoms with Crippen LogP contribution in [0, 0.1) is 17.8 Å². The monoisotopic (exact) mass is 602 g/mol. The summed E-state index contributed by atoms with van der Waals surface area (Å²) in [7, 11) is 0. The molecular weight excluding hydrogens is 560 g/mol. The Morgan fingerprint density at radius 2 is 1.93 bits per heavy atom. The number of benzene rings is 1. The van der Waals surface area contributed by atoms with E-state index in [4.69, 9.17) is 16.3 Å². The van der Waals surface area contributed by atoms with Crippen molar-refractivity contribution in [3.05, 3.63) is 54.6 Å². The first-order valence-electron chi connectivity index (χ1n) is 14.6. The second-order valence-electron chi connectivity index (χ2n) is 12.1. The van der Waals surface area contributed by atoms with Crippen LogP contribution in [-0.2, 0) is 19.1 Å². The highest BCUT2D eigenvalue weighted by Crippen LogP contribution is 2.72. The standard InChI is InChI=1S/C32H43ClN2O5S/c1-6-8-9-10-18-40-30(39)26-25-28(37)35(24(20-36)19-21(3)4)27(32(25)16-15-31(26,5)41-32)29(38)34(17-7-2)23-13-11-22(33)12-14-23/h6-7,11-14,21,24-27,36H,1-2,8-10,15-20H2,3-5H3/t24-,25+,26-,27?,31+,32?/m1/s1. The zero-order valence-corrected chi connectivity index (χ0v) is 26.0. The van der Waals surface area contributed by atoms with Crippen LogP contribution in [0.5, 0.6) is 0 Å². The number of carbonyl (C=O) groups is 3. The molecule has 0 radical (unpaired) electrons. The van der Waals surface area contributed by atoms with Gasteiger partial charge in [0, 0.05) is 22.0 Å². The molecular formula is C32H43ClN2O5S. The summed E-state index contributed by atoms with van der Waals surface area (Å²) < 4.78 is 4.45. The number of esters is 1. The third-order valence-corrected chi connectivity index (χ3v) is 11.1. The number of halogens is 1. The van der Waals surface area contributed by atoms with Crippen LogP contribution in [-0.4, -0.2) is 69.1 Å². The van der Waals surface area contributed by atoms with Gasteiger partial charge in [0.2, 0.25) is 5.91 Å². The molecule has 2 bridgehead atoms. The molecule has 41 heavy (non-hydrogen) atoms. The summed E-state index contributed by atoms with van der Waals surface area (Å²) in [6.07, 6.45) is 7.83. The van der Waals surface area contributed by atoms with Gasteiger partial charge in [-0.1, -0.05) is 37.6 Å². The highest BCUT2D eigenvalue weighted by Gasteiger charge is 2.78. The highest BCUT2D eigenvalue weighted by molar-refractivity contribution is 8.02. The number of thioether (sulfide) groups is 1. The van der Waals surface area contributed by atoms with Gasteiger partial charge in [-0.15, -0.1) is 24.9 Å². The van der Waals surface area contributed by atoms with Gasteiger partial charge < -0.3 is 19.6 Å². The van der Waals surface area contributed by atoms with Gasteiger partial charge in [0.25, 0.3) is 5.91 Å². The summed E-state index contributed by atoms with van der Waals surface area (Å²) in [5.74, 6) is -2.00. The largest absolute Gasteiger partial charge is 0.465 e. The van der Waals surface area contributed by atoms with E-state index < -0.39 is 33.4 Å². The van der Waals surface area contributed by atoms with Crippen LogP contribution in [0.3, 0.4) is 0 Å². The number of carbonyl (C=O) groups excluding carboxylic acids is 3. The van der Waals surface area contributed by atoms with Gasteiger partial charge in [-0.3, -0.25) is 14.4 Å². The first kappa shape index (κ1) is 31.6. The van der Waals surface area contributed by atoms with Crippen molar-refractivity contribution in [1.82, 2.24) is 4.90 Å². The minimum absolute atomic E-state index is 0.187. The van der Waals surface area contributed by atoms with Gasteiger partial charge in [0.05, 0.1) is 35.8 Å². The molecule has 4 rings (SSSR count). The molecule has 1 aromatic rings. The number of allylic oxidation sites excluding steroid dienone is 1. The molecule has 2 unspecified atom stereocenters. The first-order chi connectivity index (χ1) is 19.5. The number of nitrogens with zero attached hydrogens (tertiary/aromatic N) is 2. The molecule has 3 saturated heterocycles. The molecule has 0 aromatic heterocycles. The Labute approximate surface area is 253 Å². The lowest BCUT2D eigenvalue weighted by molar-refractivity contribution is -0.156. The summed E-state index contributed by atoms with van der Waals surface area (Å²) in [5.41, 5.74) is 0.648. The van der Waals surface area contributed by atoms with Crippen LogP contribution >= 0.6 is 23.4 Å². The van der Waals surface area contributed by atoms with E-state index in [-0.39, 0.29) is 36.9 Å². The van der Waals surface area contributed by atoms with E-state index in [1.54, 1.807) is 51.9 Å². The maximum atomic E-state index is 14.7. The number of amides is 2. The maximum Gasteiger partial charge on any atom is 0.311 e. The molecule has 3 fully saturated rings. The molecule has 3 heterocycles. The molecule has 1 N–H and O–H groups in total. The Morgan fingerprint density at radius 3 is 2.54 bits per heavy atom. The summed E-state index contributed by atoms with van der Waals surface area (Å²) in [4.78, 5) is 46.1. The van der Waals surface area contributed by atoms with Gasteiger partial charge in [-0.25, -0.2) is 0 Å². The molecule has 3 aliphatic heterocycles. The molecule has 1 spiro atoms. The van der Waals surface area contributed by atoms with Crippen molar-refractivity contribution in [2.75, 3.05) is 24.7 Å². The van der Waals surface area contributed by atoms with Crippen molar-refractivity contribution in [2.24, 2.45) is 17.8 Å². The molecule has 224 valence electrons. The summed E-state index contributed by atoms with van der Waals surface area (Å²) in [5, 5.41) is 11.1. The van der Waals surface area contributed by atoms with E-state index in [0.717, 1.165) is 19.3 Å². The Bertz CT molecular complexity index is 1160. The Hall–Kier alpha value is -2.29. The molecule has 0 saturated carbocycles. The van der Waals surface area contributed by atoms with Crippen molar-refractivity contribution in [3.8, 4) is 0 Å². The predicted molar refractivity (Wildman–Crippen MR) is 165 cm³/mol. The topological polar surface area (TPSA) is 87.1 Å². The van der Waals surface area contributed by atoms with E-state index >= 15 is 0 Å². The quantitative estimate of drug-likeness (QED) is 0.168. The second kappa shape index (κ2) is 12.9. The van der Waals surface area contributed by atoms with Gasteiger partial charge in [-0.05, 0) is 75.6 Å². The Balaban J connectivity index is 1.75. The fraction of sp³-hybridized carbons (Fsp3) is 0.594. The van der Waals surface area contributed by atoms with Gasteiger partial charge in [0.15, 0.2) is 0 Å². The van der Waals surface area contributed by atoms with Crippen LogP contribution in [0.15, 0.2) is 49.6 Å². The number of unbranched alkanes of at least 4 members (excludes halogenated alkanes) is 2. The molecule has 3 aliphatic rings. The Morgan fingerprint density at radius 1 is 1.22 bits per heavy atom. The fourth-order valence-corrected chi connectivity index (χ4v) is 9.54. The SMILES string of the molecule is C=CCCCCOC(=O)[C@H]1[C@H]2C(=O)N([C@@H](CO)CC(C)C)C(C(=O)N(CC=C)c3ccc(Cl)cc3)C23CC[C@]1(C)S3. The van der Waals surface area contributed by atoms with Gasteiger partial charge in [0.1, 0.15) is 6.04 Å². The average Bonchev–Trinajstić information content (AvgIpc) is 3.51. The van der Waals surface area contributed by atoms with Crippen molar-refractivity contribution < 1.29 is 24.2 Å². The van der Waals surface area contributed by atoms with E-state index in [0.29, 0.717) is 36.6 Å². The van der Waals surface area contributed by atoms with E-state index in [1.807, 2.05) is 26.8 Å². The first-order valence-corrected chi connectivity index (χ1v) is 15.8. The number of hydrogen-bond donors (Lipinski definition) is 1. The molecule has 2 amide bonds. The third-order valence-electron chi connectivity index (χ3n) is 8.81. The van der Waals surface area contributed by atoms with Crippen LogP contribution in [0.4, 0.5) is 5.69 Å². The van der Waals surface area contributed by atoms with Crippen LogP contribution in [0.1, 0.15) is 59.3 Å². The van der Waals surface area contributed by atoms with E-state index in [2.05, 4.69) is 13.2 Å². The minimum Gasteiger partial charge on any atom is -0.465 e. The van der Waals surface area contributed by atoms with Crippen LogP contribution < -0.4 is 4.90 Å². The lowest BCUT2D eigenvalue weighted by Gasteiger charge is -2.40. The lowest BCUT2D eigenvalue weighted by atomic mass is 9.66.